The molecule has 4 heteroatoms. The Morgan fingerprint density at radius 2 is 1.82 bits per heavy atom. The van der Waals surface area contributed by atoms with Crippen LogP contribution in [0.5, 0.6) is 0 Å². The van der Waals surface area contributed by atoms with Gasteiger partial charge in [0.05, 0.1) is 11.5 Å². The van der Waals surface area contributed by atoms with Crippen molar-refractivity contribution < 1.29 is 9.90 Å². The van der Waals surface area contributed by atoms with E-state index in [1.54, 1.807) is 0 Å². The fraction of sp³-hybridized carbons (Fsp3) is 0.267. The number of carbonyl (C=O) groups is 1. The van der Waals surface area contributed by atoms with E-state index in [4.69, 9.17) is 0 Å². The average Bonchev–Trinajstić information content (AvgIpc) is 2.85. The van der Waals surface area contributed by atoms with Gasteiger partial charge in [-0.05, 0) is 66.6 Å². The van der Waals surface area contributed by atoms with Crippen LogP contribution in [0, 0.1) is 31.1 Å². The largest absolute Gasteiger partial charge is 0.481 e. The highest BCUT2D eigenvalue weighted by Gasteiger charge is 2.25. The number of likely N-dealkylation sites (tertiary alicyclic amines) is 1. The predicted octanol–water partition coefficient (Wildman–Crippen LogP) is 6.31. The number of benzene rings is 3. The summed E-state index contributed by atoms with van der Waals surface area (Å²) >= 11 is 0. The molecule has 4 nitrogen and oxygen atoms in total. The molecular weight excluding hydrogens is 420 g/mol. The molecule has 0 radical (unpaired) electrons. The summed E-state index contributed by atoms with van der Waals surface area (Å²) in [7, 11) is 0. The zero-order chi connectivity index (χ0) is 24.1. The Kier molecular flexibility index (Phi) is 7.25. The van der Waals surface area contributed by atoms with Gasteiger partial charge in [0.1, 0.15) is 6.07 Å². The first-order chi connectivity index (χ1) is 16.5. The minimum Gasteiger partial charge on any atom is -0.481 e. The molecule has 1 saturated heterocycles. The Morgan fingerprint density at radius 3 is 2.56 bits per heavy atom. The molecule has 1 heterocycles. The van der Waals surface area contributed by atoms with Crippen LogP contribution in [-0.4, -0.2) is 29.1 Å². The van der Waals surface area contributed by atoms with Gasteiger partial charge in [0.2, 0.25) is 0 Å². The fourth-order valence-electron chi connectivity index (χ4n) is 4.76. The van der Waals surface area contributed by atoms with E-state index < -0.39 is 5.97 Å². The summed E-state index contributed by atoms with van der Waals surface area (Å²) in [4.78, 5) is 13.7. The topological polar surface area (TPSA) is 64.3 Å². The van der Waals surface area contributed by atoms with Gasteiger partial charge in [-0.3, -0.25) is 9.69 Å². The molecule has 1 unspecified atom stereocenters. The number of aliphatic carboxylic acids is 1. The van der Waals surface area contributed by atoms with Crippen molar-refractivity contribution in [2.75, 3.05) is 13.1 Å². The van der Waals surface area contributed by atoms with Crippen molar-refractivity contribution in [1.82, 2.24) is 4.90 Å². The van der Waals surface area contributed by atoms with Gasteiger partial charge in [0.15, 0.2) is 0 Å². The van der Waals surface area contributed by atoms with E-state index in [-0.39, 0.29) is 5.92 Å². The number of aryl methyl sites for hydroxylation is 2. The van der Waals surface area contributed by atoms with Crippen LogP contribution in [0.1, 0.15) is 46.2 Å². The van der Waals surface area contributed by atoms with Crippen LogP contribution in [0.15, 0.2) is 60.7 Å². The van der Waals surface area contributed by atoms with Gasteiger partial charge in [-0.15, -0.1) is 0 Å². The number of piperidine rings is 1. The van der Waals surface area contributed by atoms with E-state index in [9.17, 15) is 15.2 Å². The van der Waals surface area contributed by atoms with Crippen molar-refractivity contribution in [3.05, 3.63) is 94.0 Å². The van der Waals surface area contributed by atoms with E-state index in [2.05, 4.69) is 43.0 Å². The summed E-state index contributed by atoms with van der Waals surface area (Å²) in [5, 5.41) is 19.3. The predicted molar refractivity (Wildman–Crippen MR) is 137 cm³/mol. The van der Waals surface area contributed by atoms with Gasteiger partial charge in [-0.2, -0.15) is 5.26 Å². The average molecular weight is 451 g/mol. The highest BCUT2D eigenvalue weighted by molar-refractivity contribution is 5.80. The quantitative estimate of drug-likeness (QED) is 0.447. The second-order valence-corrected chi connectivity index (χ2v) is 9.13. The zero-order valence-corrected chi connectivity index (χ0v) is 19.8. The maximum Gasteiger partial charge on any atom is 0.307 e. The molecule has 172 valence electrons. The van der Waals surface area contributed by atoms with E-state index in [1.807, 2.05) is 54.6 Å². The summed E-state index contributed by atoms with van der Waals surface area (Å²) in [5.41, 5.74) is 8.28. The summed E-state index contributed by atoms with van der Waals surface area (Å²) in [6.45, 7) is 6.55. The van der Waals surface area contributed by atoms with Crippen LogP contribution in [0.2, 0.25) is 0 Å². The number of nitriles is 1. The molecule has 1 atom stereocenters. The number of carboxylic acid groups (broad SMARTS) is 1. The van der Waals surface area contributed by atoms with Crippen molar-refractivity contribution in [2.45, 2.75) is 33.2 Å². The standard InChI is InChI=1S/C30H30N2O2/c1-21-17-27(20-32-15-7-11-26(19-32)30(33)34)22(2)16-25(21)14-13-24-10-6-12-28(29(24)18-31)23-8-4-3-5-9-23/h3-6,8-10,12-14,16-17,26H,7,11,15,19-20H2,1-2H3,(H,33,34)/b14-13+. The van der Waals surface area contributed by atoms with Crippen LogP contribution < -0.4 is 0 Å². The minimum atomic E-state index is -0.689. The number of hydrogen-bond donors (Lipinski definition) is 1. The zero-order valence-electron chi connectivity index (χ0n) is 19.8. The maximum atomic E-state index is 11.4. The third-order valence-electron chi connectivity index (χ3n) is 6.71. The Morgan fingerprint density at radius 1 is 1.06 bits per heavy atom. The van der Waals surface area contributed by atoms with Crippen molar-refractivity contribution in [3.8, 4) is 17.2 Å². The third-order valence-corrected chi connectivity index (χ3v) is 6.71. The van der Waals surface area contributed by atoms with Gasteiger partial charge in [0, 0.05) is 18.7 Å². The number of carboxylic acids is 1. The third kappa shape index (κ3) is 5.27. The SMILES string of the molecule is Cc1cc(CN2CCCC(C(=O)O)C2)c(C)cc1/C=C/c1cccc(-c2ccccc2)c1C#N. The van der Waals surface area contributed by atoms with Crippen molar-refractivity contribution >= 4 is 18.1 Å². The molecule has 0 spiro atoms. The Balaban J connectivity index is 1.56. The molecular formula is C30H30N2O2. The van der Waals surface area contributed by atoms with Crippen molar-refractivity contribution in [3.63, 3.8) is 0 Å². The van der Waals surface area contributed by atoms with Gasteiger partial charge in [-0.25, -0.2) is 0 Å². The second-order valence-electron chi connectivity index (χ2n) is 9.13. The Hall–Kier alpha value is -3.68. The minimum absolute atomic E-state index is 0.265. The molecule has 4 rings (SSSR count). The monoisotopic (exact) mass is 450 g/mol. The summed E-state index contributed by atoms with van der Waals surface area (Å²) in [6.07, 6.45) is 5.80. The molecule has 1 aliphatic heterocycles. The first-order valence-corrected chi connectivity index (χ1v) is 11.8. The smallest absolute Gasteiger partial charge is 0.307 e. The molecule has 3 aromatic rings. The highest BCUT2D eigenvalue weighted by Crippen LogP contribution is 2.28. The van der Waals surface area contributed by atoms with Crippen molar-refractivity contribution in [1.29, 1.82) is 5.26 Å². The van der Waals surface area contributed by atoms with E-state index in [1.165, 1.54) is 16.7 Å². The van der Waals surface area contributed by atoms with Crippen LogP contribution in [-0.2, 0) is 11.3 Å². The van der Waals surface area contributed by atoms with Gasteiger partial charge in [-0.1, -0.05) is 72.8 Å². The lowest BCUT2D eigenvalue weighted by molar-refractivity contribution is -0.143. The summed E-state index contributed by atoms with van der Waals surface area (Å²) in [5.74, 6) is -0.954. The van der Waals surface area contributed by atoms with Crippen molar-refractivity contribution in [2.24, 2.45) is 5.92 Å². The lowest BCUT2D eigenvalue weighted by atomic mass is 9.94. The van der Waals surface area contributed by atoms with E-state index in [0.29, 0.717) is 12.1 Å². The lowest BCUT2D eigenvalue weighted by Crippen LogP contribution is -2.38. The molecule has 0 saturated carbocycles. The second kappa shape index (κ2) is 10.5. The number of hydrogen-bond acceptors (Lipinski definition) is 3. The fourth-order valence-corrected chi connectivity index (χ4v) is 4.76. The Bertz CT molecular complexity index is 1250. The lowest BCUT2D eigenvalue weighted by Gasteiger charge is -2.31. The van der Waals surface area contributed by atoms with E-state index >= 15 is 0 Å². The van der Waals surface area contributed by atoms with Gasteiger partial charge < -0.3 is 5.11 Å². The molecule has 34 heavy (non-hydrogen) atoms. The summed E-state index contributed by atoms with van der Waals surface area (Å²) in [6, 6.07) is 22.8. The first-order valence-electron chi connectivity index (χ1n) is 11.8. The molecule has 0 bridgehead atoms. The van der Waals surface area contributed by atoms with Gasteiger partial charge >= 0.3 is 5.97 Å². The maximum absolute atomic E-state index is 11.4. The molecule has 1 aliphatic rings. The molecule has 1 N–H and O–H groups in total. The molecule has 3 aromatic carbocycles. The molecule has 1 fully saturated rings. The van der Waals surface area contributed by atoms with Crippen LogP contribution in [0.25, 0.3) is 23.3 Å². The van der Waals surface area contributed by atoms with Gasteiger partial charge in [0.25, 0.3) is 0 Å². The number of nitrogens with zero attached hydrogens (tertiary/aromatic N) is 2. The summed E-state index contributed by atoms with van der Waals surface area (Å²) < 4.78 is 0. The van der Waals surface area contributed by atoms with E-state index in [0.717, 1.165) is 48.2 Å². The van der Waals surface area contributed by atoms with Crippen LogP contribution in [0.3, 0.4) is 0 Å². The highest BCUT2D eigenvalue weighted by atomic mass is 16.4. The van der Waals surface area contributed by atoms with Crippen LogP contribution in [0.4, 0.5) is 0 Å². The van der Waals surface area contributed by atoms with Crippen LogP contribution >= 0.6 is 0 Å². The first kappa shape index (κ1) is 23.5. The Labute approximate surface area is 201 Å². The normalized spacial score (nSPS) is 16.4. The molecule has 0 amide bonds. The number of rotatable bonds is 6. The molecule has 0 aliphatic carbocycles. The molecule has 0 aromatic heterocycles.